The molecular weight excluding hydrogens is 332 g/mol. The number of hydrogen-bond donors (Lipinski definition) is 1. The van der Waals surface area contributed by atoms with Gasteiger partial charge in [-0.2, -0.15) is 5.10 Å². The Morgan fingerprint density at radius 2 is 2.17 bits per heavy atom. The van der Waals surface area contributed by atoms with Crippen LogP contribution in [0.25, 0.3) is 5.13 Å². The van der Waals surface area contributed by atoms with Crippen molar-refractivity contribution < 1.29 is 4.79 Å². The van der Waals surface area contributed by atoms with Crippen molar-refractivity contribution >= 4 is 28.8 Å². The summed E-state index contributed by atoms with van der Waals surface area (Å²) in [5, 5.41) is 14.0. The average Bonchev–Trinajstić information content (AvgIpc) is 3.19. The maximum atomic E-state index is 12.0. The van der Waals surface area contributed by atoms with Crippen molar-refractivity contribution in [2.45, 2.75) is 27.2 Å². The number of aryl methyl sites for hydroxylation is 3. The minimum atomic E-state index is -0.133. The lowest BCUT2D eigenvalue weighted by Gasteiger charge is -2.02. The van der Waals surface area contributed by atoms with Gasteiger partial charge in [-0.25, -0.2) is 9.67 Å². The van der Waals surface area contributed by atoms with Gasteiger partial charge in [0.05, 0.1) is 17.1 Å². The van der Waals surface area contributed by atoms with Crippen LogP contribution in [0.5, 0.6) is 0 Å². The minimum absolute atomic E-state index is 0.133. The molecule has 3 aromatic heterocycles. The first kappa shape index (κ1) is 15.8. The summed E-state index contributed by atoms with van der Waals surface area (Å²) >= 11 is 2.66. The van der Waals surface area contributed by atoms with Crippen molar-refractivity contribution in [2.24, 2.45) is 0 Å². The first-order valence-corrected chi connectivity index (χ1v) is 8.75. The van der Waals surface area contributed by atoms with Crippen LogP contribution in [-0.2, 0) is 6.42 Å². The first-order chi connectivity index (χ1) is 11.0. The summed E-state index contributed by atoms with van der Waals surface area (Å²) in [6.07, 6.45) is 0.673. The van der Waals surface area contributed by atoms with E-state index in [1.807, 2.05) is 30.0 Å². The Morgan fingerprint density at radius 1 is 1.35 bits per heavy atom. The average molecular weight is 348 g/mol. The van der Waals surface area contributed by atoms with E-state index in [9.17, 15) is 4.79 Å². The number of hydrogen-bond acceptors (Lipinski definition) is 7. The van der Waals surface area contributed by atoms with Gasteiger partial charge in [0.1, 0.15) is 4.88 Å². The van der Waals surface area contributed by atoms with Crippen molar-refractivity contribution in [1.29, 1.82) is 0 Å². The monoisotopic (exact) mass is 348 g/mol. The molecule has 23 heavy (non-hydrogen) atoms. The van der Waals surface area contributed by atoms with Crippen LogP contribution in [0.1, 0.15) is 32.4 Å². The zero-order chi connectivity index (χ0) is 16.4. The molecule has 9 heteroatoms. The van der Waals surface area contributed by atoms with Gasteiger partial charge >= 0.3 is 0 Å². The molecule has 0 aliphatic rings. The number of nitrogens with one attached hydrogen (secondary N) is 1. The van der Waals surface area contributed by atoms with E-state index in [2.05, 4.69) is 25.0 Å². The van der Waals surface area contributed by atoms with Crippen molar-refractivity contribution in [1.82, 2.24) is 29.7 Å². The lowest BCUT2D eigenvalue weighted by Crippen LogP contribution is -2.25. The highest BCUT2D eigenvalue weighted by atomic mass is 32.1. The molecule has 0 spiro atoms. The lowest BCUT2D eigenvalue weighted by molar-refractivity contribution is 0.0957. The minimum Gasteiger partial charge on any atom is -0.351 e. The zero-order valence-electron chi connectivity index (χ0n) is 13.0. The number of thiazole rings is 1. The molecule has 3 heterocycles. The molecule has 3 aromatic rings. The number of carbonyl (C=O) groups excluding carboxylic acids is 1. The molecule has 0 bridgehead atoms. The molecule has 0 radical (unpaired) electrons. The third kappa shape index (κ3) is 3.45. The lowest BCUT2D eigenvalue weighted by atomic mass is 10.3. The summed E-state index contributed by atoms with van der Waals surface area (Å²) in [4.78, 5) is 17.1. The highest BCUT2D eigenvalue weighted by Crippen LogP contribution is 2.17. The van der Waals surface area contributed by atoms with Gasteiger partial charge in [0.2, 0.25) is 5.13 Å². The highest BCUT2D eigenvalue weighted by Gasteiger charge is 2.13. The Bertz CT molecular complexity index is 834. The molecule has 120 valence electrons. The SMILES string of the molecule is Cc1cc(C)n(-c2nc(CCNC(=O)c3snnc3C)cs2)n1. The highest BCUT2D eigenvalue weighted by molar-refractivity contribution is 7.12. The van der Waals surface area contributed by atoms with Crippen LogP contribution >= 0.6 is 22.9 Å². The van der Waals surface area contributed by atoms with Crippen molar-refractivity contribution in [3.63, 3.8) is 0 Å². The van der Waals surface area contributed by atoms with Crippen LogP contribution in [0.15, 0.2) is 11.4 Å². The molecule has 0 saturated heterocycles. The number of amides is 1. The normalized spacial score (nSPS) is 10.9. The zero-order valence-corrected chi connectivity index (χ0v) is 14.7. The van der Waals surface area contributed by atoms with Crippen LogP contribution in [0, 0.1) is 20.8 Å². The van der Waals surface area contributed by atoms with E-state index in [0.717, 1.165) is 33.7 Å². The summed E-state index contributed by atoms with van der Waals surface area (Å²) in [7, 11) is 0. The van der Waals surface area contributed by atoms with Gasteiger partial charge in [-0.15, -0.1) is 16.4 Å². The third-order valence-corrected chi connectivity index (χ3v) is 4.95. The van der Waals surface area contributed by atoms with Crippen LogP contribution < -0.4 is 5.32 Å². The fraction of sp³-hybridized carbons (Fsp3) is 0.357. The van der Waals surface area contributed by atoms with Crippen molar-refractivity contribution in [2.75, 3.05) is 6.54 Å². The van der Waals surface area contributed by atoms with E-state index in [1.165, 1.54) is 0 Å². The van der Waals surface area contributed by atoms with Gasteiger partial charge in [0, 0.05) is 24.0 Å². The van der Waals surface area contributed by atoms with E-state index >= 15 is 0 Å². The van der Waals surface area contributed by atoms with Gasteiger partial charge in [0.15, 0.2) is 0 Å². The van der Waals surface area contributed by atoms with Gasteiger partial charge in [0.25, 0.3) is 5.91 Å². The molecule has 1 amide bonds. The second-order valence-electron chi connectivity index (χ2n) is 5.15. The molecule has 0 aromatic carbocycles. The summed E-state index contributed by atoms with van der Waals surface area (Å²) in [5.41, 5.74) is 3.63. The largest absolute Gasteiger partial charge is 0.351 e. The maximum absolute atomic E-state index is 12.0. The van der Waals surface area contributed by atoms with E-state index in [-0.39, 0.29) is 5.91 Å². The number of nitrogens with zero attached hydrogens (tertiary/aromatic N) is 5. The number of rotatable bonds is 5. The summed E-state index contributed by atoms with van der Waals surface area (Å²) in [5.74, 6) is -0.133. The van der Waals surface area contributed by atoms with Crippen LogP contribution in [0.2, 0.25) is 0 Å². The topological polar surface area (TPSA) is 85.6 Å². The Balaban J connectivity index is 1.59. The van der Waals surface area contributed by atoms with Crippen LogP contribution in [0.3, 0.4) is 0 Å². The molecule has 0 unspecified atom stereocenters. The number of aromatic nitrogens is 5. The molecule has 0 atom stereocenters. The van der Waals surface area contributed by atoms with Gasteiger partial charge in [-0.05, 0) is 38.4 Å². The molecule has 0 saturated carbocycles. The number of carbonyl (C=O) groups is 1. The molecule has 7 nitrogen and oxygen atoms in total. The van der Waals surface area contributed by atoms with Crippen molar-refractivity contribution in [3.8, 4) is 5.13 Å². The van der Waals surface area contributed by atoms with Crippen molar-refractivity contribution in [3.05, 3.63) is 39.1 Å². The fourth-order valence-electron chi connectivity index (χ4n) is 2.16. The van der Waals surface area contributed by atoms with Gasteiger partial charge in [-0.3, -0.25) is 4.79 Å². The molecule has 1 N–H and O–H groups in total. The Morgan fingerprint density at radius 3 is 2.83 bits per heavy atom. The van der Waals surface area contributed by atoms with Gasteiger partial charge < -0.3 is 5.32 Å². The molecule has 0 aliphatic heterocycles. The first-order valence-electron chi connectivity index (χ1n) is 7.10. The smallest absolute Gasteiger partial charge is 0.264 e. The Hall–Kier alpha value is -2.13. The van der Waals surface area contributed by atoms with Crippen LogP contribution in [-0.4, -0.2) is 36.8 Å². The molecule has 0 aliphatic carbocycles. The molecule has 3 rings (SSSR count). The molecular formula is C14H16N6OS2. The quantitative estimate of drug-likeness (QED) is 0.763. The summed E-state index contributed by atoms with van der Waals surface area (Å²) in [6, 6.07) is 2.02. The van der Waals surface area contributed by atoms with E-state index in [4.69, 9.17) is 0 Å². The third-order valence-electron chi connectivity index (χ3n) is 3.25. The van der Waals surface area contributed by atoms with Crippen LogP contribution in [0.4, 0.5) is 0 Å². The maximum Gasteiger partial charge on any atom is 0.264 e. The van der Waals surface area contributed by atoms with E-state index in [1.54, 1.807) is 18.3 Å². The predicted molar refractivity (Wildman–Crippen MR) is 89.4 cm³/mol. The van der Waals surface area contributed by atoms with E-state index < -0.39 is 0 Å². The summed E-state index contributed by atoms with van der Waals surface area (Å²) in [6.45, 7) is 6.27. The fourth-order valence-corrected chi connectivity index (χ4v) is 3.59. The standard InChI is InChI=1S/C14H16N6OS2/c1-8-6-9(2)20(18-8)14-16-11(7-22-14)4-5-15-13(21)12-10(3)17-19-23-12/h6-7H,4-5H2,1-3H3,(H,15,21). The second-order valence-corrected chi connectivity index (χ2v) is 6.74. The van der Waals surface area contributed by atoms with E-state index in [0.29, 0.717) is 23.5 Å². The Labute approximate surface area is 141 Å². The van der Waals surface area contributed by atoms with Gasteiger partial charge in [-0.1, -0.05) is 4.49 Å². The second kappa shape index (κ2) is 6.55. The molecule has 0 fully saturated rings. The summed E-state index contributed by atoms with van der Waals surface area (Å²) < 4.78 is 5.61. The Kier molecular flexibility index (Phi) is 4.49. The predicted octanol–water partition coefficient (Wildman–Crippen LogP) is 2.08.